The van der Waals surface area contributed by atoms with Crippen LogP contribution in [-0.2, 0) is 16.1 Å². The van der Waals surface area contributed by atoms with Gasteiger partial charge in [-0.3, -0.25) is 9.48 Å². The standard InChI is InChI=1S/C29H40FN3O3/c1-27(35)10-11-29(17-36-3)19(13-27)4-5-20-21-6-7-23(28(21,2)9-8-22(20)29)25(34)16-33-15-18-12-26(30)31-14-24(18)32-33/h12,14-15,19-23,35H,4-11,13,16-17H2,1-3H3/t19-,20-,21-,22-,23+,27+,28-,29+/m0/s1. The molecule has 4 aliphatic rings. The fraction of sp³-hybridized carbons (Fsp3) is 0.759. The van der Waals surface area contributed by atoms with Crippen LogP contribution in [0.3, 0.4) is 0 Å². The van der Waals surface area contributed by atoms with Crippen molar-refractivity contribution in [2.45, 2.75) is 83.8 Å². The van der Waals surface area contributed by atoms with Gasteiger partial charge in [-0.15, -0.1) is 0 Å². The van der Waals surface area contributed by atoms with Crippen molar-refractivity contribution < 1.29 is 19.0 Å². The van der Waals surface area contributed by atoms with Crippen molar-refractivity contribution in [3.8, 4) is 0 Å². The number of Topliss-reactive ketones (excluding diaryl/α,β-unsaturated/α-hetero) is 1. The van der Waals surface area contributed by atoms with Gasteiger partial charge < -0.3 is 9.84 Å². The average molecular weight is 498 g/mol. The highest BCUT2D eigenvalue weighted by Gasteiger charge is 2.63. The van der Waals surface area contributed by atoms with Gasteiger partial charge in [0, 0.05) is 30.7 Å². The number of carbonyl (C=O) groups excluding carboxylic acids is 1. The summed E-state index contributed by atoms with van der Waals surface area (Å²) < 4.78 is 21.1. The molecule has 0 aromatic carbocycles. The number of carbonyl (C=O) groups is 1. The molecule has 8 atom stereocenters. The van der Waals surface area contributed by atoms with Crippen molar-refractivity contribution in [3.63, 3.8) is 0 Å². The van der Waals surface area contributed by atoms with E-state index >= 15 is 0 Å². The molecule has 36 heavy (non-hydrogen) atoms. The quantitative estimate of drug-likeness (QED) is 0.577. The lowest BCUT2D eigenvalue weighted by Gasteiger charge is -2.62. The number of pyridine rings is 1. The maximum absolute atomic E-state index is 13.6. The topological polar surface area (TPSA) is 77.2 Å². The Labute approximate surface area is 213 Å². The van der Waals surface area contributed by atoms with Gasteiger partial charge >= 0.3 is 0 Å². The maximum atomic E-state index is 13.6. The van der Waals surface area contributed by atoms with E-state index < -0.39 is 11.5 Å². The molecule has 6 nitrogen and oxygen atoms in total. The minimum Gasteiger partial charge on any atom is -0.390 e. The Morgan fingerprint density at radius 2 is 2.00 bits per heavy atom. The fourth-order valence-electron chi connectivity index (χ4n) is 9.61. The molecule has 0 spiro atoms. The first-order chi connectivity index (χ1) is 17.1. The number of hydrogen-bond donors (Lipinski definition) is 1. The van der Waals surface area contributed by atoms with Crippen LogP contribution in [0.4, 0.5) is 4.39 Å². The van der Waals surface area contributed by atoms with Gasteiger partial charge in [0.05, 0.1) is 24.9 Å². The van der Waals surface area contributed by atoms with Gasteiger partial charge in [-0.2, -0.15) is 9.49 Å². The summed E-state index contributed by atoms with van der Waals surface area (Å²) in [7, 11) is 1.84. The van der Waals surface area contributed by atoms with Gasteiger partial charge in [0.25, 0.3) is 0 Å². The minimum atomic E-state index is -0.554. The highest BCUT2D eigenvalue weighted by Crippen LogP contribution is 2.68. The lowest BCUT2D eigenvalue weighted by atomic mass is 9.43. The summed E-state index contributed by atoms with van der Waals surface area (Å²) in [4.78, 5) is 17.3. The zero-order chi connectivity index (χ0) is 25.3. The van der Waals surface area contributed by atoms with E-state index in [4.69, 9.17) is 4.74 Å². The van der Waals surface area contributed by atoms with Crippen LogP contribution in [0.1, 0.15) is 71.6 Å². The highest BCUT2D eigenvalue weighted by atomic mass is 19.1. The van der Waals surface area contributed by atoms with Gasteiger partial charge in [0.15, 0.2) is 5.78 Å². The Bertz CT molecular complexity index is 1160. The average Bonchev–Trinajstić information content (AvgIpc) is 3.38. The molecule has 4 fully saturated rings. The van der Waals surface area contributed by atoms with Crippen molar-refractivity contribution in [2.24, 2.45) is 40.4 Å². The van der Waals surface area contributed by atoms with Crippen LogP contribution in [0.2, 0.25) is 0 Å². The number of ether oxygens (including phenoxy) is 1. The highest BCUT2D eigenvalue weighted by molar-refractivity contribution is 5.83. The monoisotopic (exact) mass is 497 g/mol. The van der Waals surface area contributed by atoms with Gasteiger partial charge in [-0.05, 0) is 99.2 Å². The summed E-state index contributed by atoms with van der Waals surface area (Å²) in [6, 6.07) is 1.37. The lowest BCUT2D eigenvalue weighted by Crippen LogP contribution is -2.58. The smallest absolute Gasteiger partial charge is 0.213 e. The number of aromatic nitrogens is 3. The number of rotatable bonds is 5. The minimum absolute atomic E-state index is 0.0275. The van der Waals surface area contributed by atoms with Crippen LogP contribution in [0.5, 0.6) is 0 Å². The number of ketones is 1. The molecule has 2 aromatic heterocycles. The number of aliphatic hydroxyl groups is 1. The fourth-order valence-corrected chi connectivity index (χ4v) is 9.61. The number of nitrogens with zero attached hydrogens (tertiary/aromatic N) is 3. The van der Waals surface area contributed by atoms with E-state index in [-0.39, 0.29) is 29.1 Å². The normalized spacial score (nSPS) is 42.1. The summed E-state index contributed by atoms with van der Waals surface area (Å²) in [6.07, 6.45) is 12.7. The van der Waals surface area contributed by atoms with Crippen molar-refractivity contribution in [2.75, 3.05) is 13.7 Å². The van der Waals surface area contributed by atoms with E-state index in [1.807, 2.05) is 14.0 Å². The molecule has 0 aliphatic heterocycles. The molecule has 7 heteroatoms. The van der Waals surface area contributed by atoms with Gasteiger partial charge in [0.1, 0.15) is 5.52 Å². The maximum Gasteiger partial charge on any atom is 0.213 e. The lowest BCUT2D eigenvalue weighted by molar-refractivity contribution is -0.175. The molecule has 0 saturated heterocycles. The van der Waals surface area contributed by atoms with Crippen LogP contribution in [0.25, 0.3) is 10.9 Å². The van der Waals surface area contributed by atoms with Gasteiger partial charge in [0.2, 0.25) is 5.95 Å². The second-order valence-corrected chi connectivity index (χ2v) is 13.1. The first-order valence-corrected chi connectivity index (χ1v) is 13.9. The van der Waals surface area contributed by atoms with Gasteiger partial charge in [-0.1, -0.05) is 6.92 Å². The summed E-state index contributed by atoms with van der Waals surface area (Å²) >= 11 is 0. The Hall–Kier alpha value is -1.86. The first-order valence-electron chi connectivity index (χ1n) is 13.9. The van der Waals surface area contributed by atoms with E-state index in [9.17, 15) is 14.3 Å². The van der Waals surface area contributed by atoms with E-state index in [0.717, 1.165) is 58.0 Å². The second-order valence-electron chi connectivity index (χ2n) is 13.1. The molecular formula is C29H40FN3O3. The number of fused-ring (bicyclic) bond motifs is 6. The van der Waals surface area contributed by atoms with E-state index in [1.54, 1.807) is 10.9 Å². The van der Waals surface area contributed by atoms with Crippen molar-refractivity contribution in [3.05, 3.63) is 24.4 Å². The second kappa shape index (κ2) is 8.59. The molecule has 0 unspecified atom stereocenters. The van der Waals surface area contributed by atoms with Crippen molar-refractivity contribution in [1.29, 1.82) is 0 Å². The van der Waals surface area contributed by atoms with Crippen molar-refractivity contribution >= 4 is 16.7 Å². The summed E-state index contributed by atoms with van der Waals surface area (Å²) in [5.41, 5.74) is 0.260. The van der Waals surface area contributed by atoms with Gasteiger partial charge in [-0.25, -0.2) is 4.98 Å². The third-order valence-corrected chi connectivity index (χ3v) is 11.2. The molecule has 2 aromatic rings. The number of hydrogen-bond acceptors (Lipinski definition) is 5. The van der Waals surface area contributed by atoms with E-state index in [1.165, 1.54) is 18.7 Å². The molecule has 0 bridgehead atoms. The first kappa shape index (κ1) is 24.5. The number of halogens is 1. The Balaban J connectivity index is 1.22. The van der Waals surface area contributed by atoms with Crippen molar-refractivity contribution in [1.82, 2.24) is 14.8 Å². The Kier molecular flexibility index (Phi) is 5.84. The molecule has 4 aliphatic carbocycles. The number of methoxy groups -OCH3 is 1. The largest absolute Gasteiger partial charge is 0.390 e. The van der Waals surface area contributed by atoms with E-state index in [0.29, 0.717) is 34.6 Å². The molecular weight excluding hydrogens is 457 g/mol. The van der Waals surface area contributed by atoms with Crippen LogP contribution >= 0.6 is 0 Å². The summed E-state index contributed by atoms with van der Waals surface area (Å²) in [6.45, 7) is 5.42. The zero-order valence-electron chi connectivity index (χ0n) is 21.9. The van der Waals surface area contributed by atoms with Crippen LogP contribution < -0.4 is 0 Å². The van der Waals surface area contributed by atoms with Crippen LogP contribution in [0.15, 0.2) is 18.5 Å². The Morgan fingerprint density at radius 3 is 2.81 bits per heavy atom. The predicted molar refractivity (Wildman–Crippen MR) is 135 cm³/mol. The molecule has 196 valence electrons. The third kappa shape index (κ3) is 3.75. The molecule has 4 saturated carbocycles. The molecule has 2 heterocycles. The van der Waals surface area contributed by atoms with E-state index in [2.05, 4.69) is 17.0 Å². The SMILES string of the molecule is COC[C@]12CC[C@@](C)(O)C[C@@H]1CC[C@H]1[C@@H]3CC[C@H](C(=O)Cn4cc5cc(F)ncc5n4)[C@@]3(C)CC[C@@H]12. The molecule has 0 amide bonds. The summed E-state index contributed by atoms with van der Waals surface area (Å²) in [5, 5.41) is 16.0. The molecule has 6 rings (SSSR count). The predicted octanol–water partition coefficient (Wildman–Crippen LogP) is 5.18. The van der Waals surface area contributed by atoms with Crippen LogP contribution in [-0.4, -0.2) is 45.0 Å². The van der Waals surface area contributed by atoms with Crippen LogP contribution in [0, 0.1) is 46.4 Å². The molecule has 0 radical (unpaired) electrons. The Morgan fingerprint density at radius 1 is 1.17 bits per heavy atom. The summed E-state index contributed by atoms with van der Waals surface area (Å²) in [5.74, 6) is 2.13. The third-order valence-electron chi connectivity index (χ3n) is 11.2. The zero-order valence-corrected chi connectivity index (χ0v) is 21.9. The molecule has 1 N–H and O–H groups in total.